The number of esters is 1. The van der Waals surface area contributed by atoms with Gasteiger partial charge in [-0.3, -0.25) is 0 Å². The molecular formula is C32H34F4O3. The van der Waals surface area contributed by atoms with Crippen LogP contribution in [0.1, 0.15) is 85.7 Å². The smallest absolute Gasteiger partial charge is 0.341 e. The quantitative estimate of drug-likeness (QED) is 0.146. The summed E-state index contributed by atoms with van der Waals surface area (Å²) in [6.45, 7) is 4.33. The summed E-state index contributed by atoms with van der Waals surface area (Å²) in [5.74, 6) is -5.52. The van der Waals surface area contributed by atoms with Crippen molar-refractivity contribution < 1.29 is 31.8 Å². The molecule has 0 amide bonds. The van der Waals surface area contributed by atoms with Gasteiger partial charge in [0.05, 0.1) is 12.2 Å². The van der Waals surface area contributed by atoms with E-state index in [4.69, 9.17) is 9.47 Å². The average molecular weight is 543 g/mol. The van der Waals surface area contributed by atoms with E-state index in [1.54, 1.807) is 30.3 Å². The molecule has 0 spiro atoms. The molecule has 0 N–H and O–H groups in total. The van der Waals surface area contributed by atoms with Gasteiger partial charge in [-0.25, -0.2) is 18.0 Å². The molecule has 0 heterocycles. The molecular weight excluding hydrogens is 508 g/mol. The zero-order valence-corrected chi connectivity index (χ0v) is 22.4. The van der Waals surface area contributed by atoms with Crippen molar-refractivity contribution in [2.75, 3.05) is 6.61 Å². The molecule has 0 unspecified atom stereocenters. The van der Waals surface area contributed by atoms with Gasteiger partial charge in [0.25, 0.3) is 0 Å². The van der Waals surface area contributed by atoms with Gasteiger partial charge in [0.2, 0.25) is 5.82 Å². The Balaban J connectivity index is 1.34. The molecule has 3 nitrogen and oxygen atoms in total. The first-order valence-electron chi connectivity index (χ1n) is 13.7. The number of unbranched alkanes of at least 4 members (excludes halogenated alkanes) is 3. The fourth-order valence-electron chi connectivity index (χ4n) is 5.05. The Labute approximate surface area is 227 Å². The summed E-state index contributed by atoms with van der Waals surface area (Å²) in [5.41, 5.74) is 1.36. The number of benzene rings is 3. The van der Waals surface area contributed by atoms with Crippen LogP contribution in [-0.2, 0) is 4.74 Å². The molecule has 1 aliphatic carbocycles. The van der Waals surface area contributed by atoms with E-state index in [2.05, 4.69) is 6.92 Å². The van der Waals surface area contributed by atoms with Crippen LogP contribution < -0.4 is 4.74 Å². The Kier molecular flexibility index (Phi) is 9.65. The highest BCUT2D eigenvalue weighted by atomic mass is 19.2. The number of rotatable bonds is 10. The van der Waals surface area contributed by atoms with Gasteiger partial charge < -0.3 is 9.47 Å². The number of ether oxygens (including phenoxy) is 2. The third kappa shape index (κ3) is 6.81. The fraction of sp³-hybridized carbons (Fsp3) is 0.406. The van der Waals surface area contributed by atoms with Crippen LogP contribution in [0.4, 0.5) is 17.6 Å². The van der Waals surface area contributed by atoms with Crippen LogP contribution in [0, 0.1) is 30.2 Å². The zero-order chi connectivity index (χ0) is 27.9. The standard InChI is InChI=1S/C32H34F4O3/c1-3-4-5-6-19-38-27-18-17-25(29(34)31(27)36)22-11-13-23(14-12-22)39-32(37)26-16-15-24(28(33)30(26)35)21-9-7-20(2)8-10-21/h7-10,15-18,22-23H,3-6,11-14,19H2,1-2H3. The van der Waals surface area contributed by atoms with Gasteiger partial charge in [-0.1, -0.05) is 68.1 Å². The molecule has 39 heavy (non-hydrogen) atoms. The van der Waals surface area contributed by atoms with Gasteiger partial charge in [-0.2, -0.15) is 4.39 Å². The molecule has 1 fully saturated rings. The lowest BCUT2D eigenvalue weighted by Gasteiger charge is -2.29. The van der Waals surface area contributed by atoms with Crippen molar-refractivity contribution in [3.05, 3.63) is 88.5 Å². The highest BCUT2D eigenvalue weighted by molar-refractivity contribution is 5.90. The third-order valence-corrected chi connectivity index (χ3v) is 7.38. The highest BCUT2D eigenvalue weighted by Gasteiger charge is 2.30. The Bertz CT molecular complexity index is 1280. The molecule has 0 saturated heterocycles. The number of halogens is 4. The summed E-state index contributed by atoms with van der Waals surface area (Å²) in [7, 11) is 0. The monoisotopic (exact) mass is 542 g/mol. The molecule has 0 bridgehead atoms. The summed E-state index contributed by atoms with van der Waals surface area (Å²) in [6.07, 6.45) is 5.13. The summed E-state index contributed by atoms with van der Waals surface area (Å²) in [4.78, 5) is 12.7. The van der Waals surface area contributed by atoms with Crippen LogP contribution >= 0.6 is 0 Å². The van der Waals surface area contributed by atoms with Crippen molar-refractivity contribution in [2.24, 2.45) is 0 Å². The summed E-state index contributed by atoms with van der Waals surface area (Å²) in [5, 5.41) is 0. The number of carbonyl (C=O) groups is 1. The molecule has 0 atom stereocenters. The first-order chi connectivity index (χ1) is 18.8. The van der Waals surface area contributed by atoms with Crippen molar-refractivity contribution in [3.63, 3.8) is 0 Å². The largest absolute Gasteiger partial charge is 0.490 e. The van der Waals surface area contributed by atoms with E-state index < -0.39 is 40.9 Å². The lowest BCUT2D eigenvalue weighted by atomic mass is 9.82. The van der Waals surface area contributed by atoms with Crippen molar-refractivity contribution in [1.82, 2.24) is 0 Å². The van der Waals surface area contributed by atoms with Crippen molar-refractivity contribution in [3.8, 4) is 16.9 Å². The molecule has 0 radical (unpaired) electrons. The number of hydrogen-bond donors (Lipinski definition) is 0. The third-order valence-electron chi connectivity index (χ3n) is 7.38. The second kappa shape index (κ2) is 13.1. The van der Waals surface area contributed by atoms with E-state index in [0.717, 1.165) is 31.2 Å². The maximum absolute atomic E-state index is 14.8. The molecule has 0 aliphatic heterocycles. The Morgan fingerprint density at radius 2 is 1.51 bits per heavy atom. The average Bonchev–Trinajstić information content (AvgIpc) is 2.93. The van der Waals surface area contributed by atoms with Gasteiger partial charge in [0.15, 0.2) is 23.2 Å². The van der Waals surface area contributed by atoms with Crippen molar-refractivity contribution in [2.45, 2.75) is 77.2 Å². The van der Waals surface area contributed by atoms with Gasteiger partial charge in [-0.05, 0) is 68.2 Å². The van der Waals surface area contributed by atoms with Crippen LogP contribution in [0.5, 0.6) is 5.75 Å². The lowest BCUT2D eigenvalue weighted by molar-refractivity contribution is 0.0188. The number of hydrogen-bond acceptors (Lipinski definition) is 3. The zero-order valence-electron chi connectivity index (χ0n) is 22.4. The van der Waals surface area contributed by atoms with Crippen LogP contribution in [0.2, 0.25) is 0 Å². The molecule has 7 heteroatoms. The first kappa shape index (κ1) is 28.7. The molecule has 3 aromatic rings. The highest BCUT2D eigenvalue weighted by Crippen LogP contribution is 2.38. The molecule has 4 rings (SSSR count). The molecule has 0 aromatic heterocycles. The SMILES string of the molecule is CCCCCCOc1ccc(C2CCC(OC(=O)c3ccc(-c4ccc(C)cc4)c(F)c3F)CC2)c(F)c1F. The maximum atomic E-state index is 14.8. The minimum absolute atomic E-state index is 0.0618. The van der Waals surface area contributed by atoms with Gasteiger partial charge in [0.1, 0.15) is 6.10 Å². The normalized spacial score (nSPS) is 17.2. The lowest BCUT2D eigenvalue weighted by Crippen LogP contribution is -2.25. The van der Waals surface area contributed by atoms with E-state index in [1.807, 2.05) is 6.92 Å². The summed E-state index contributed by atoms with van der Waals surface area (Å²) < 4.78 is 70.0. The van der Waals surface area contributed by atoms with Crippen LogP contribution in [0.15, 0.2) is 48.5 Å². The minimum Gasteiger partial charge on any atom is -0.490 e. The Hall–Kier alpha value is -3.35. The first-order valence-corrected chi connectivity index (χ1v) is 13.7. The van der Waals surface area contributed by atoms with Gasteiger partial charge in [-0.15, -0.1) is 0 Å². The number of carbonyl (C=O) groups excluding carboxylic acids is 1. The van der Waals surface area contributed by atoms with E-state index in [0.29, 0.717) is 37.9 Å². The molecule has 1 aliphatic rings. The number of aryl methyl sites for hydroxylation is 1. The van der Waals surface area contributed by atoms with Crippen LogP contribution in [-0.4, -0.2) is 18.7 Å². The fourth-order valence-corrected chi connectivity index (χ4v) is 5.05. The Morgan fingerprint density at radius 1 is 0.795 bits per heavy atom. The second-order valence-electron chi connectivity index (χ2n) is 10.2. The maximum Gasteiger partial charge on any atom is 0.341 e. The predicted octanol–water partition coefficient (Wildman–Crippen LogP) is 9.06. The topological polar surface area (TPSA) is 35.5 Å². The van der Waals surface area contributed by atoms with Crippen molar-refractivity contribution >= 4 is 5.97 Å². The van der Waals surface area contributed by atoms with Crippen LogP contribution in [0.25, 0.3) is 11.1 Å². The van der Waals surface area contributed by atoms with E-state index in [-0.39, 0.29) is 22.8 Å². The van der Waals surface area contributed by atoms with Gasteiger partial charge >= 0.3 is 5.97 Å². The van der Waals surface area contributed by atoms with E-state index >= 15 is 0 Å². The Morgan fingerprint density at radius 3 is 2.21 bits per heavy atom. The van der Waals surface area contributed by atoms with E-state index in [1.165, 1.54) is 18.2 Å². The molecule has 1 saturated carbocycles. The second-order valence-corrected chi connectivity index (χ2v) is 10.2. The van der Waals surface area contributed by atoms with E-state index in [9.17, 15) is 22.4 Å². The molecule has 3 aromatic carbocycles. The summed E-state index contributed by atoms with van der Waals surface area (Å²) >= 11 is 0. The van der Waals surface area contributed by atoms with Crippen LogP contribution in [0.3, 0.4) is 0 Å². The minimum atomic E-state index is -1.25. The van der Waals surface area contributed by atoms with Gasteiger partial charge in [0, 0.05) is 5.56 Å². The molecule has 208 valence electrons. The predicted molar refractivity (Wildman–Crippen MR) is 143 cm³/mol. The summed E-state index contributed by atoms with van der Waals surface area (Å²) in [6, 6.07) is 12.6. The van der Waals surface area contributed by atoms with Crippen molar-refractivity contribution in [1.29, 1.82) is 0 Å².